The maximum Gasteiger partial charge on any atom is 0.258 e. The van der Waals surface area contributed by atoms with E-state index in [9.17, 15) is 5.11 Å². The zero-order valence-corrected chi connectivity index (χ0v) is 13.5. The van der Waals surface area contributed by atoms with Gasteiger partial charge in [0.2, 0.25) is 0 Å². The van der Waals surface area contributed by atoms with Crippen molar-refractivity contribution in [3.63, 3.8) is 0 Å². The van der Waals surface area contributed by atoms with Crippen molar-refractivity contribution < 1.29 is 9.63 Å². The molecule has 0 bridgehead atoms. The van der Waals surface area contributed by atoms with Crippen molar-refractivity contribution in [2.45, 2.75) is 13.3 Å². The summed E-state index contributed by atoms with van der Waals surface area (Å²) < 4.78 is 6.05. The van der Waals surface area contributed by atoms with Crippen LogP contribution >= 0.6 is 22.6 Å². The van der Waals surface area contributed by atoms with E-state index in [0.717, 1.165) is 14.7 Å². The van der Waals surface area contributed by atoms with Crippen molar-refractivity contribution in [2.75, 3.05) is 0 Å². The fourth-order valence-electron chi connectivity index (χ4n) is 1.98. The van der Waals surface area contributed by atoms with Crippen molar-refractivity contribution in [1.82, 2.24) is 10.1 Å². The lowest BCUT2D eigenvalue weighted by Crippen LogP contribution is -1.90. The highest BCUT2D eigenvalue weighted by molar-refractivity contribution is 14.1. The molecule has 0 unspecified atom stereocenters. The number of aryl methyl sites for hydroxylation is 1. The molecule has 1 heterocycles. The minimum atomic E-state index is 0.214. The Kier molecular flexibility index (Phi) is 3.92. The van der Waals surface area contributed by atoms with E-state index in [0.29, 0.717) is 18.1 Å². The minimum absolute atomic E-state index is 0.214. The van der Waals surface area contributed by atoms with Crippen LogP contribution in [0.1, 0.15) is 17.0 Å². The van der Waals surface area contributed by atoms with Gasteiger partial charge >= 0.3 is 0 Å². The van der Waals surface area contributed by atoms with Gasteiger partial charge in [0.15, 0.2) is 5.82 Å². The fourth-order valence-corrected chi connectivity index (χ4v) is 2.31. The first-order valence-electron chi connectivity index (χ1n) is 6.49. The average molecular weight is 392 g/mol. The largest absolute Gasteiger partial charge is 0.507 e. The van der Waals surface area contributed by atoms with Gasteiger partial charge in [0.1, 0.15) is 5.75 Å². The van der Waals surface area contributed by atoms with E-state index in [1.54, 1.807) is 6.07 Å². The van der Waals surface area contributed by atoms with Crippen LogP contribution in [0.5, 0.6) is 5.75 Å². The number of aromatic nitrogens is 2. The summed E-state index contributed by atoms with van der Waals surface area (Å²) in [7, 11) is 0. The molecule has 0 fully saturated rings. The minimum Gasteiger partial charge on any atom is -0.507 e. The molecular weight excluding hydrogens is 379 g/mol. The standard InChI is InChI=1S/C16H13IN2O2/c1-10-2-4-11(5-3-10)8-15-18-16(21-19-15)12-6-7-13(17)14(20)9-12/h2-7,9,20H,8H2,1H3. The topological polar surface area (TPSA) is 59.2 Å². The molecule has 1 N–H and O–H groups in total. The van der Waals surface area contributed by atoms with Crippen molar-refractivity contribution in [3.05, 3.63) is 63.0 Å². The van der Waals surface area contributed by atoms with Crippen molar-refractivity contribution in [1.29, 1.82) is 0 Å². The summed E-state index contributed by atoms with van der Waals surface area (Å²) in [5.74, 6) is 1.27. The van der Waals surface area contributed by atoms with Gasteiger partial charge in [-0.1, -0.05) is 35.0 Å². The van der Waals surface area contributed by atoms with Crippen LogP contribution in [0.15, 0.2) is 47.0 Å². The number of hydrogen-bond acceptors (Lipinski definition) is 4. The Morgan fingerprint density at radius 2 is 1.90 bits per heavy atom. The van der Waals surface area contributed by atoms with E-state index >= 15 is 0 Å². The number of hydrogen-bond donors (Lipinski definition) is 1. The molecule has 0 aliphatic carbocycles. The molecule has 3 rings (SSSR count). The molecule has 0 aliphatic rings. The SMILES string of the molecule is Cc1ccc(Cc2noc(-c3ccc(I)c(O)c3)n2)cc1. The maximum atomic E-state index is 9.73. The smallest absolute Gasteiger partial charge is 0.258 e. The Hall–Kier alpha value is -1.89. The van der Waals surface area contributed by atoms with Crippen molar-refractivity contribution in [3.8, 4) is 17.2 Å². The highest BCUT2D eigenvalue weighted by Crippen LogP contribution is 2.26. The fraction of sp³-hybridized carbons (Fsp3) is 0.125. The van der Waals surface area contributed by atoms with Crippen LogP contribution in [0.3, 0.4) is 0 Å². The van der Waals surface area contributed by atoms with Crippen LogP contribution in [-0.4, -0.2) is 15.2 Å². The summed E-state index contributed by atoms with van der Waals surface area (Å²) in [6.45, 7) is 2.06. The van der Waals surface area contributed by atoms with Crippen LogP contribution in [0.4, 0.5) is 0 Å². The zero-order valence-electron chi connectivity index (χ0n) is 11.4. The maximum absolute atomic E-state index is 9.73. The van der Waals surface area contributed by atoms with Gasteiger partial charge in [-0.15, -0.1) is 0 Å². The highest BCUT2D eigenvalue weighted by atomic mass is 127. The van der Waals surface area contributed by atoms with Gasteiger partial charge in [0.05, 0.1) is 3.57 Å². The number of phenols is 1. The van der Waals surface area contributed by atoms with E-state index in [4.69, 9.17) is 4.52 Å². The molecule has 1 aromatic heterocycles. The van der Waals surface area contributed by atoms with Crippen LogP contribution in [0, 0.1) is 10.5 Å². The summed E-state index contributed by atoms with van der Waals surface area (Å²) in [5.41, 5.74) is 3.08. The van der Waals surface area contributed by atoms with Gasteiger partial charge in [-0.3, -0.25) is 0 Å². The second kappa shape index (κ2) is 5.85. The summed E-state index contributed by atoms with van der Waals surface area (Å²) >= 11 is 2.07. The normalized spacial score (nSPS) is 10.8. The predicted octanol–water partition coefficient (Wildman–Crippen LogP) is 3.95. The van der Waals surface area contributed by atoms with Gasteiger partial charge in [-0.2, -0.15) is 4.98 Å². The van der Waals surface area contributed by atoms with E-state index in [1.807, 2.05) is 12.1 Å². The Bertz CT molecular complexity index is 766. The molecular formula is C16H13IN2O2. The molecule has 4 nitrogen and oxygen atoms in total. The first-order chi connectivity index (χ1) is 10.1. The van der Waals surface area contributed by atoms with Gasteiger partial charge < -0.3 is 9.63 Å². The first kappa shape index (κ1) is 14.1. The molecule has 0 spiro atoms. The number of nitrogens with zero attached hydrogens (tertiary/aromatic N) is 2. The molecule has 5 heteroatoms. The molecule has 0 saturated carbocycles. The third-order valence-corrected chi connectivity index (χ3v) is 4.06. The molecule has 0 aliphatic heterocycles. The summed E-state index contributed by atoms with van der Waals surface area (Å²) in [6.07, 6.45) is 0.625. The molecule has 0 saturated heterocycles. The zero-order chi connectivity index (χ0) is 14.8. The Morgan fingerprint density at radius 3 is 2.62 bits per heavy atom. The van der Waals surface area contributed by atoms with Crippen LogP contribution in [-0.2, 0) is 6.42 Å². The van der Waals surface area contributed by atoms with E-state index in [1.165, 1.54) is 5.56 Å². The van der Waals surface area contributed by atoms with Gasteiger partial charge in [0, 0.05) is 12.0 Å². The molecule has 0 atom stereocenters. The third-order valence-electron chi connectivity index (χ3n) is 3.14. The highest BCUT2D eigenvalue weighted by Gasteiger charge is 2.11. The lowest BCUT2D eigenvalue weighted by molar-refractivity contribution is 0.423. The summed E-state index contributed by atoms with van der Waals surface area (Å²) in [4.78, 5) is 4.38. The molecule has 0 amide bonds. The second-order valence-corrected chi connectivity index (χ2v) is 6.01. The second-order valence-electron chi connectivity index (χ2n) is 4.84. The molecule has 3 aromatic rings. The quantitative estimate of drug-likeness (QED) is 0.686. The Morgan fingerprint density at radius 1 is 1.14 bits per heavy atom. The number of aromatic hydroxyl groups is 1. The van der Waals surface area contributed by atoms with E-state index < -0.39 is 0 Å². The van der Waals surface area contributed by atoms with E-state index in [2.05, 4.69) is 63.9 Å². The number of halogens is 1. The van der Waals surface area contributed by atoms with Gasteiger partial charge in [-0.05, 0) is 53.3 Å². The summed E-state index contributed by atoms with van der Waals surface area (Å²) in [6, 6.07) is 13.5. The monoisotopic (exact) mass is 392 g/mol. The lowest BCUT2D eigenvalue weighted by atomic mass is 10.1. The predicted molar refractivity (Wildman–Crippen MR) is 88.1 cm³/mol. The van der Waals surface area contributed by atoms with Gasteiger partial charge in [0.25, 0.3) is 5.89 Å². The number of benzene rings is 2. The Balaban J connectivity index is 1.82. The molecule has 106 valence electrons. The van der Waals surface area contributed by atoms with E-state index in [-0.39, 0.29) is 5.75 Å². The molecule has 2 aromatic carbocycles. The molecule has 21 heavy (non-hydrogen) atoms. The summed E-state index contributed by atoms with van der Waals surface area (Å²) in [5, 5.41) is 13.7. The van der Waals surface area contributed by atoms with Gasteiger partial charge in [-0.25, -0.2) is 0 Å². The Labute approximate surface area is 136 Å². The number of phenolic OH excluding ortho intramolecular Hbond substituents is 1. The number of rotatable bonds is 3. The van der Waals surface area contributed by atoms with Crippen molar-refractivity contribution in [2.24, 2.45) is 0 Å². The van der Waals surface area contributed by atoms with Crippen LogP contribution < -0.4 is 0 Å². The first-order valence-corrected chi connectivity index (χ1v) is 7.57. The average Bonchev–Trinajstić information content (AvgIpc) is 2.93. The lowest BCUT2D eigenvalue weighted by Gasteiger charge is -1.98. The third kappa shape index (κ3) is 3.24. The van der Waals surface area contributed by atoms with Crippen molar-refractivity contribution >= 4 is 22.6 Å². The molecule has 0 radical (unpaired) electrons. The van der Waals surface area contributed by atoms with Crippen LogP contribution in [0.25, 0.3) is 11.5 Å². The van der Waals surface area contributed by atoms with Crippen LogP contribution in [0.2, 0.25) is 0 Å².